The summed E-state index contributed by atoms with van der Waals surface area (Å²) in [5.74, 6) is -0.490. The van der Waals surface area contributed by atoms with Gasteiger partial charge in [-0.3, -0.25) is 9.59 Å². The zero-order valence-corrected chi connectivity index (χ0v) is 11.4. The number of carbonyl (C=O) groups excluding carboxylic acids is 1. The predicted octanol–water partition coefficient (Wildman–Crippen LogP) is 2.14. The van der Waals surface area contributed by atoms with E-state index in [2.05, 4.69) is 5.73 Å². The van der Waals surface area contributed by atoms with Crippen molar-refractivity contribution >= 4 is 23.2 Å². The van der Waals surface area contributed by atoms with Gasteiger partial charge in [0.25, 0.3) is 0 Å². The van der Waals surface area contributed by atoms with Crippen LogP contribution < -0.4 is 10.5 Å². The van der Waals surface area contributed by atoms with Crippen LogP contribution >= 0.6 is 0 Å². The highest BCUT2D eigenvalue weighted by Gasteiger charge is 2.13. The lowest BCUT2D eigenvalue weighted by molar-refractivity contribution is -0.138. The second-order valence-corrected chi connectivity index (χ2v) is 4.17. The van der Waals surface area contributed by atoms with Crippen LogP contribution in [0.2, 0.25) is 0 Å². The van der Waals surface area contributed by atoms with Gasteiger partial charge >= 0.3 is 5.97 Å². The maximum Gasteiger partial charge on any atom is 0.310 e. The molecule has 106 valence electrons. The second-order valence-electron chi connectivity index (χ2n) is 4.17. The molecule has 5 heteroatoms. The average Bonchev–Trinajstić information content (AvgIpc) is 2.46. The molecule has 1 atom stereocenters. The third-order valence-electron chi connectivity index (χ3n) is 2.94. The summed E-state index contributed by atoms with van der Waals surface area (Å²) in [6.45, 7) is 1.69. The van der Waals surface area contributed by atoms with Crippen LogP contribution in [-0.2, 0) is 9.59 Å². The van der Waals surface area contributed by atoms with Gasteiger partial charge in [-0.25, -0.2) is 0 Å². The van der Waals surface area contributed by atoms with Gasteiger partial charge in [-0.05, 0) is 35.4 Å². The first kappa shape index (κ1) is 15.5. The standard InChI is InChI=1S/C14H14O3.CH3NO/c1-9(14(15)16)10-3-4-12-8-13(17-2)6-5-11(12)7-10;2-1-3/h3-9H,1-2H3,(H,15,16);1H,(H2,2,3)/t9-;/m0./s1. The van der Waals surface area contributed by atoms with Gasteiger partial charge < -0.3 is 15.6 Å². The summed E-state index contributed by atoms with van der Waals surface area (Å²) in [6.07, 6.45) is 0.250. The van der Waals surface area contributed by atoms with E-state index >= 15 is 0 Å². The van der Waals surface area contributed by atoms with Crippen LogP contribution in [0.1, 0.15) is 18.4 Å². The van der Waals surface area contributed by atoms with Gasteiger partial charge in [0.15, 0.2) is 0 Å². The van der Waals surface area contributed by atoms with Crippen molar-refractivity contribution < 1.29 is 19.4 Å². The molecule has 0 spiro atoms. The number of hydrogen-bond acceptors (Lipinski definition) is 3. The molecule has 0 aliphatic heterocycles. The second kappa shape index (κ2) is 7.13. The molecule has 0 aliphatic rings. The van der Waals surface area contributed by atoms with E-state index in [-0.39, 0.29) is 6.41 Å². The van der Waals surface area contributed by atoms with Crippen LogP contribution in [0.4, 0.5) is 0 Å². The number of carboxylic acid groups (broad SMARTS) is 1. The van der Waals surface area contributed by atoms with E-state index in [4.69, 9.17) is 14.6 Å². The Bertz CT molecular complexity index is 610. The minimum Gasteiger partial charge on any atom is -0.497 e. The molecule has 1 amide bonds. The molecular formula is C15H17NO4. The number of fused-ring (bicyclic) bond motifs is 1. The number of hydrogen-bond donors (Lipinski definition) is 2. The minimum absolute atomic E-state index is 0.250. The van der Waals surface area contributed by atoms with Crippen molar-refractivity contribution in [2.75, 3.05) is 7.11 Å². The third kappa shape index (κ3) is 3.71. The zero-order chi connectivity index (χ0) is 15.1. The lowest BCUT2D eigenvalue weighted by Gasteiger charge is -2.08. The van der Waals surface area contributed by atoms with Crippen molar-refractivity contribution in [2.45, 2.75) is 12.8 Å². The summed E-state index contributed by atoms with van der Waals surface area (Å²) < 4.78 is 5.14. The first-order valence-corrected chi connectivity index (χ1v) is 5.99. The molecule has 0 bridgehead atoms. The molecule has 2 aromatic carbocycles. The smallest absolute Gasteiger partial charge is 0.310 e. The molecular weight excluding hydrogens is 258 g/mol. The van der Waals surface area contributed by atoms with Gasteiger partial charge in [0, 0.05) is 0 Å². The molecule has 3 N–H and O–H groups in total. The van der Waals surface area contributed by atoms with Crippen LogP contribution in [0.5, 0.6) is 5.75 Å². The highest BCUT2D eigenvalue weighted by atomic mass is 16.5. The predicted molar refractivity (Wildman–Crippen MR) is 76.8 cm³/mol. The summed E-state index contributed by atoms with van der Waals surface area (Å²) >= 11 is 0. The fraction of sp³-hybridized carbons (Fsp3) is 0.200. The number of benzene rings is 2. The molecule has 0 saturated heterocycles. The third-order valence-corrected chi connectivity index (χ3v) is 2.94. The molecule has 2 rings (SSSR count). The lowest BCUT2D eigenvalue weighted by atomic mass is 9.98. The van der Waals surface area contributed by atoms with Crippen LogP contribution in [0.15, 0.2) is 36.4 Å². The van der Waals surface area contributed by atoms with Gasteiger partial charge in [0.2, 0.25) is 6.41 Å². The van der Waals surface area contributed by atoms with Gasteiger partial charge in [-0.1, -0.05) is 24.3 Å². The van der Waals surface area contributed by atoms with Crippen molar-refractivity contribution in [1.29, 1.82) is 0 Å². The van der Waals surface area contributed by atoms with Gasteiger partial charge in [-0.15, -0.1) is 0 Å². The fourth-order valence-electron chi connectivity index (χ4n) is 1.78. The Labute approximate surface area is 117 Å². The summed E-state index contributed by atoms with van der Waals surface area (Å²) in [5.41, 5.74) is 4.98. The van der Waals surface area contributed by atoms with E-state index in [1.54, 1.807) is 14.0 Å². The number of amides is 1. The molecule has 0 unspecified atom stereocenters. The molecule has 0 aromatic heterocycles. The quantitative estimate of drug-likeness (QED) is 0.840. The Hall–Kier alpha value is -2.56. The molecule has 0 saturated carbocycles. The first-order chi connectivity index (χ1) is 9.53. The maximum absolute atomic E-state index is 10.9. The van der Waals surface area contributed by atoms with E-state index in [0.29, 0.717) is 0 Å². The van der Waals surface area contributed by atoms with Crippen LogP contribution in [0.25, 0.3) is 10.8 Å². The topological polar surface area (TPSA) is 89.6 Å². The summed E-state index contributed by atoms with van der Waals surface area (Å²) in [6, 6.07) is 11.4. The Balaban J connectivity index is 0.000000612. The van der Waals surface area contributed by atoms with Crippen molar-refractivity contribution in [1.82, 2.24) is 0 Å². The van der Waals surface area contributed by atoms with Crippen molar-refractivity contribution in [3.8, 4) is 5.75 Å². The van der Waals surface area contributed by atoms with Crippen LogP contribution in [-0.4, -0.2) is 24.6 Å². The number of rotatable bonds is 3. The monoisotopic (exact) mass is 275 g/mol. The number of carbonyl (C=O) groups is 2. The summed E-state index contributed by atoms with van der Waals surface area (Å²) in [4.78, 5) is 19.5. The number of ether oxygens (including phenoxy) is 1. The van der Waals surface area contributed by atoms with E-state index in [1.807, 2.05) is 36.4 Å². The summed E-state index contributed by atoms with van der Waals surface area (Å²) in [5, 5.41) is 11.0. The molecule has 2 aromatic rings. The Morgan fingerprint density at radius 1 is 1.25 bits per heavy atom. The molecule has 20 heavy (non-hydrogen) atoms. The Kier molecular flexibility index (Phi) is 5.53. The molecule has 0 radical (unpaired) electrons. The van der Waals surface area contributed by atoms with Gasteiger partial charge in [0.1, 0.15) is 5.75 Å². The van der Waals surface area contributed by atoms with Crippen molar-refractivity contribution in [3.05, 3.63) is 42.0 Å². The van der Waals surface area contributed by atoms with Crippen molar-refractivity contribution in [2.24, 2.45) is 5.73 Å². The zero-order valence-electron chi connectivity index (χ0n) is 11.4. The largest absolute Gasteiger partial charge is 0.497 e. The fourth-order valence-corrected chi connectivity index (χ4v) is 1.78. The first-order valence-electron chi connectivity index (χ1n) is 5.99. The van der Waals surface area contributed by atoms with E-state index in [0.717, 1.165) is 22.1 Å². The van der Waals surface area contributed by atoms with E-state index in [1.165, 1.54) is 0 Å². The Morgan fingerprint density at radius 2 is 1.80 bits per heavy atom. The SMILES string of the molecule is COc1ccc2cc([C@H](C)C(=O)O)ccc2c1.NC=O. The lowest BCUT2D eigenvalue weighted by Crippen LogP contribution is -2.06. The number of aliphatic carboxylic acids is 1. The van der Waals surface area contributed by atoms with Crippen LogP contribution in [0, 0.1) is 0 Å². The highest BCUT2D eigenvalue weighted by molar-refractivity contribution is 5.86. The normalized spacial score (nSPS) is 11.1. The van der Waals surface area contributed by atoms with E-state index in [9.17, 15) is 4.79 Å². The van der Waals surface area contributed by atoms with Crippen molar-refractivity contribution in [3.63, 3.8) is 0 Å². The molecule has 5 nitrogen and oxygen atoms in total. The number of methoxy groups -OCH3 is 1. The molecule has 0 heterocycles. The molecule has 0 fully saturated rings. The summed E-state index contributed by atoms with van der Waals surface area (Å²) in [7, 11) is 1.63. The maximum atomic E-state index is 10.9. The van der Waals surface area contributed by atoms with E-state index < -0.39 is 11.9 Å². The minimum atomic E-state index is -0.808. The Morgan fingerprint density at radius 3 is 2.35 bits per heavy atom. The highest BCUT2D eigenvalue weighted by Crippen LogP contribution is 2.25. The van der Waals surface area contributed by atoms with Gasteiger partial charge in [-0.2, -0.15) is 0 Å². The van der Waals surface area contributed by atoms with Gasteiger partial charge in [0.05, 0.1) is 13.0 Å². The molecule has 0 aliphatic carbocycles. The average molecular weight is 275 g/mol. The number of primary amides is 1. The van der Waals surface area contributed by atoms with Crippen LogP contribution in [0.3, 0.4) is 0 Å². The number of carboxylic acids is 1. The number of nitrogens with two attached hydrogens (primary N) is 1.